The first kappa shape index (κ1) is 8.41. The van der Waals surface area contributed by atoms with Gasteiger partial charge in [0.1, 0.15) is 11.6 Å². The third-order valence-electron chi connectivity index (χ3n) is 3.10. The lowest BCUT2D eigenvalue weighted by molar-refractivity contribution is 0.586. The van der Waals surface area contributed by atoms with Crippen LogP contribution in [0.2, 0.25) is 0 Å². The van der Waals surface area contributed by atoms with Crippen molar-refractivity contribution in [3.8, 4) is 0 Å². The number of aromatic nitrogens is 3. The van der Waals surface area contributed by atoms with E-state index in [0.717, 1.165) is 37.8 Å². The predicted octanol–water partition coefficient (Wildman–Crippen LogP) is 0.724. The average molecular weight is 192 g/mol. The maximum absolute atomic E-state index is 4.21. The molecule has 1 aliphatic heterocycles. The standard InChI is InChI=1S/C10H16N4/c1-2-9-12-13-10(14(9)5-1)7-11-6-8-3-4-8/h8,11H,1-7H2. The van der Waals surface area contributed by atoms with Crippen molar-refractivity contribution >= 4 is 0 Å². The van der Waals surface area contributed by atoms with Crippen LogP contribution in [-0.4, -0.2) is 21.3 Å². The highest BCUT2D eigenvalue weighted by molar-refractivity contribution is 5.00. The Hall–Kier alpha value is -0.900. The summed E-state index contributed by atoms with van der Waals surface area (Å²) in [5, 5.41) is 11.8. The lowest BCUT2D eigenvalue weighted by Crippen LogP contribution is -2.19. The van der Waals surface area contributed by atoms with Gasteiger partial charge in [-0.15, -0.1) is 10.2 Å². The summed E-state index contributed by atoms with van der Waals surface area (Å²) in [6, 6.07) is 0. The van der Waals surface area contributed by atoms with Crippen molar-refractivity contribution in [1.29, 1.82) is 0 Å². The largest absolute Gasteiger partial charge is 0.314 e. The number of nitrogens with zero attached hydrogens (tertiary/aromatic N) is 3. The van der Waals surface area contributed by atoms with E-state index in [4.69, 9.17) is 0 Å². The predicted molar refractivity (Wildman–Crippen MR) is 52.8 cm³/mol. The van der Waals surface area contributed by atoms with E-state index in [-0.39, 0.29) is 0 Å². The molecule has 0 unspecified atom stereocenters. The molecule has 76 valence electrons. The Balaban J connectivity index is 1.59. The molecular weight excluding hydrogens is 176 g/mol. The molecule has 2 heterocycles. The molecule has 1 aliphatic carbocycles. The summed E-state index contributed by atoms with van der Waals surface area (Å²) in [5.41, 5.74) is 0. The molecule has 0 radical (unpaired) electrons. The van der Waals surface area contributed by atoms with Crippen LogP contribution in [0.4, 0.5) is 0 Å². The fourth-order valence-electron chi connectivity index (χ4n) is 2.05. The lowest BCUT2D eigenvalue weighted by Gasteiger charge is -2.03. The molecule has 1 aromatic rings. The van der Waals surface area contributed by atoms with E-state index in [1.165, 1.54) is 25.1 Å². The van der Waals surface area contributed by atoms with Gasteiger partial charge in [0, 0.05) is 13.0 Å². The SMILES string of the molecule is C1Cc2nnc(CNCC3CC3)n2C1. The number of nitrogens with one attached hydrogen (secondary N) is 1. The Kier molecular flexibility index (Phi) is 2.01. The molecule has 1 fully saturated rings. The molecule has 2 aliphatic rings. The third kappa shape index (κ3) is 1.54. The number of rotatable bonds is 4. The van der Waals surface area contributed by atoms with E-state index < -0.39 is 0 Å². The first-order valence-electron chi connectivity index (χ1n) is 5.55. The van der Waals surface area contributed by atoms with Crippen LogP contribution in [0.3, 0.4) is 0 Å². The minimum atomic E-state index is 0.892. The van der Waals surface area contributed by atoms with Gasteiger partial charge in [-0.25, -0.2) is 0 Å². The van der Waals surface area contributed by atoms with E-state index in [0.29, 0.717) is 0 Å². The fraction of sp³-hybridized carbons (Fsp3) is 0.800. The summed E-state index contributed by atoms with van der Waals surface area (Å²) >= 11 is 0. The van der Waals surface area contributed by atoms with Gasteiger partial charge in [-0.1, -0.05) is 0 Å². The number of hydrogen-bond donors (Lipinski definition) is 1. The Morgan fingerprint density at radius 2 is 2.29 bits per heavy atom. The van der Waals surface area contributed by atoms with Gasteiger partial charge in [0.05, 0.1) is 6.54 Å². The Morgan fingerprint density at radius 3 is 3.14 bits per heavy atom. The van der Waals surface area contributed by atoms with Crippen molar-refractivity contribution in [2.45, 2.75) is 38.8 Å². The van der Waals surface area contributed by atoms with Crippen LogP contribution in [0.1, 0.15) is 30.9 Å². The van der Waals surface area contributed by atoms with Crippen LogP contribution in [0.15, 0.2) is 0 Å². The molecule has 1 aromatic heterocycles. The van der Waals surface area contributed by atoms with E-state index >= 15 is 0 Å². The summed E-state index contributed by atoms with van der Waals surface area (Å²) < 4.78 is 2.26. The smallest absolute Gasteiger partial charge is 0.147 e. The highest BCUT2D eigenvalue weighted by Gasteiger charge is 2.21. The minimum absolute atomic E-state index is 0.892. The molecule has 1 saturated carbocycles. The monoisotopic (exact) mass is 192 g/mol. The van der Waals surface area contributed by atoms with Crippen LogP contribution in [-0.2, 0) is 19.5 Å². The van der Waals surface area contributed by atoms with Gasteiger partial charge in [0.2, 0.25) is 0 Å². The second kappa shape index (κ2) is 3.35. The highest BCUT2D eigenvalue weighted by Crippen LogP contribution is 2.27. The van der Waals surface area contributed by atoms with Crippen molar-refractivity contribution in [3.63, 3.8) is 0 Å². The van der Waals surface area contributed by atoms with Gasteiger partial charge >= 0.3 is 0 Å². The Labute approximate surface area is 83.7 Å². The second-order valence-electron chi connectivity index (χ2n) is 4.36. The van der Waals surface area contributed by atoms with E-state index in [1.54, 1.807) is 0 Å². The van der Waals surface area contributed by atoms with Crippen molar-refractivity contribution < 1.29 is 0 Å². The minimum Gasteiger partial charge on any atom is -0.314 e. The molecule has 0 aromatic carbocycles. The fourth-order valence-corrected chi connectivity index (χ4v) is 2.05. The summed E-state index contributed by atoms with van der Waals surface area (Å²) in [6.45, 7) is 3.16. The molecule has 14 heavy (non-hydrogen) atoms. The van der Waals surface area contributed by atoms with E-state index in [2.05, 4.69) is 20.1 Å². The summed E-state index contributed by atoms with van der Waals surface area (Å²) in [6.07, 6.45) is 5.16. The van der Waals surface area contributed by atoms with Gasteiger partial charge in [-0.3, -0.25) is 0 Å². The van der Waals surface area contributed by atoms with Crippen LogP contribution in [0.5, 0.6) is 0 Å². The van der Waals surface area contributed by atoms with Crippen molar-refractivity contribution in [1.82, 2.24) is 20.1 Å². The van der Waals surface area contributed by atoms with Crippen molar-refractivity contribution in [3.05, 3.63) is 11.6 Å². The zero-order valence-corrected chi connectivity index (χ0v) is 8.37. The summed E-state index contributed by atoms with van der Waals surface area (Å²) in [7, 11) is 0. The summed E-state index contributed by atoms with van der Waals surface area (Å²) in [4.78, 5) is 0. The molecule has 4 nitrogen and oxygen atoms in total. The van der Waals surface area contributed by atoms with Crippen LogP contribution < -0.4 is 5.32 Å². The maximum atomic E-state index is 4.21. The first-order chi connectivity index (χ1) is 6.93. The third-order valence-corrected chi connectivity index (χ3v) is 3.10. The normalized spacial score (nSPS) is 20.0. The molecular formula is C10H16N4. The van der Waals surface area contributed by atoms with Crippen LogP contribution in [0.25, 0.3) is 0 Å². The van der Waals surface area contributed by atoms with E-state index in [9.17, 15) is 0 Å². The zero-order valence-electron chi connectivity index (χ0n) is 8.37. The molecule has 3 rings (SSSR count). The molecule has 4 heteroatoms. The quantitative estimate of drug-likeness (QED) is 0.764. The Morgan fingerprint density at radius 1 is 1.36 bits per heavy atom. The highest BCUT2D eigenvalue weighted by atomic mass is 15.3. The summed E-state index contributed by atoms with van der Waals surface area (Å²) in [5.74, 6) is 3.24. The number of hydrogen-bond acceptors (Lipinski definition) is 3. The van der Waals surface area contributed by atoms with Gasteiger partial charge in [0.25, 0.3) is 0 Å². The van der Waals surface area contributed by atoms with Gasteiger partial charge in [-0.05, 0) is 31.7 Å². The maximum Gasteiger partial charge on any atom is 0.147 e. The number of aryl methyl sites for hydroxylation is 1. The van der Waals surface area contributed by atoms with Crippen LogP contribution >= 0.6 is 0 Å². The molecule has 0 bridgehead atoms. The first-order valence-corrected chi connectivity index (χ1v) is 5.55. The van der Waals surface area contributed by atoms with Crippen molar-refractivity contribution in [2.24, 2.45) is 5.92 Å². The Bertz CT molecular complexity index is 327. The zero-order chi connectivity index (χ0) is 9.38. The van der Waals surface area contributed by atoms with E-state index in [1.807, 2.05) is 0 Å². The lowest BCUT2D eigenvalue weighted by atomic mass is 10.4. The molecule has 1 N–H and O–H groups in total. The van der Waals surface area contributed by atoms with Crippen LogP contribution in [0, 0.1) is 5.92 Å². The topological polar surface area (TPSA) is 42.7 Å². The second-order valence-corrected chi connectivity index (χ2v) is 4.36. The molecule has 0 atom stereocenters. The van der Waals surface area contributed by atoms with Crippen molar-refractivity contribution in [2.75, 3.05) is 6.54 Å². The number of fused-ring (bicyclic) bond motifs is 1. The molecule has 0 spiro atoms. The van der Waals surface area contributed by atoms with Gasteiger partial charge in [0.15, 0.2) is 0 Å². The molecule has 0 saturated heterocycles. The molecule has 0 amide bonds. The average Bonchev–Trinajstić information content (AvgIpc) is 2.76. The van der Waals surface area contributed by atoms with Gasteiger partial charge in [-0.2, -0.15) is 0 Å². The van der Waals surface area contributed by atoms with Gasteiger partial charge < -0.3 is 9.88 Å².